The first-order valence-electron chi connectivity index (χ1n) is 7.77. The van der Waals surface area contributed by atoms with Crippen LogP contribution in [0.25, 0.3) is 11.1 Å². The number of primary amides is 1. The zero-order valence-corrected chi connectivity index (χ0v) is 13.2. The van der Waals surface area contributed by atoms with Crippen molar-refractivity contribution in [2.45, 2.75) is 6.04 Å². The maximum atomic E-state index is 11.7. The van der Waals surface area contributed by atoms with Crippen molar-refractivity contribution in [3.63, 3.8) is 0 Å². The summed E-state index contributed by atoms with van der Waals surface area (Å²) >= 11 is 0. The van der Waals surface area contributed by atoms with Crippen molar-refractivity contribution in [1.29, 1.82) is 0 Å². The molecule has 0 bridgehead atoms. The highest BCUT2D eigenvalue weighted by Gasteiger charge is 2.15. The quantitative estimate of drug-likeness (QED) is 0.711. The van der Waals surface area contributed by atoms with Gasteiger partial charge in [-0.2, -0.15) is 0 Å². The molecule has 24 heavy (non-hydrogen) atoms. The molecular formula is C21H18N2O. The molecule has 2 N–H and O–H groups in total. The number of hydrogen-bond donors (Lipinski definition) is 1. The minimum Gasteiger partial charge on any atom is -0.368 e. The van der Waals surface area contributed by atoms with Crippen molar-refractivity contribution in [2.75, 3.05) is 0 Å². The molecule has 3 aromatic rings. The number of rotatable bonds is 5. The fourth-order valence-electron chi connectivity index (χ4n) is 2.55. The van der Waals surface area contributed by atoms with Gasteiger partial charge in [-0.15, -0.1) is 0 Å². The van der Waals surface area contributed by atoms with Crippen LogP contribution in [0.4, 0.5) is 0 Å². The second-order valence-electron chi connectivity index (χ2n) is 5.49. The standard InChI is InChI=1S/C21H18N2O/c22-21(24)20(18-11-5-2-6-12-18)23-15-16-8-7-13-19(14-16)17-9-3-1-4-10-17/h1-15,20H,(H2,22,24)/t20-/m0/s1. The topological polar surface area (TPSA) is 55.5 Å². The first-order chi connectivity index (χ1) is 11.7. The molecule has 1 amide bonds. The Balaban J connectivity index is 1.87. The lowest BCUT2D eigenvalue weighted by Gasteiger charge is -2.08. The van der Waals surface area contributed by atoms with Crippen molar-refractivity contribution in [1.82, 2.24) is 0 Å². The molecule has 0 aromatic heterocycles. The van der Waals surface area contributed by atoms with Crippen molar-refractivity contribution < 1.29 is 4.79 Å². The van der Waals surface area contributed by atoms with Crippen LogP contribution >= 0.6 is 0 Å². The number of benzene rings is 3. The predicted molar refractivity (Wildman–Crippen MR) is 97.8 cm³/mol. The van der Waals surface area contributed by atoms with Gasteiger partial charge in [-0.1, -0.05) is 78.9 Å². The highest BCUT2D eigenvalue weighted by molar-refractivity contribution is 5.87. The average molecular weight is 314 g/mol. The minimum atomic E-state index is -0.674. The normalized spacial score (nSPS) is 12.2. The third-order valence-corrected chi connectivity index (χ3v) is 3.75. The summed E-state index contributed by atoms with van der Waals surface area (Å²) in [5.74, 6) is -0.461. The lowest BCUT2D eigenvalue weighted by atomic mass is 10.0. The number of nitrogens with zero attached hydrogens (tertiary/aromatic N) is 1. The Morgan fingerprint density at radius 1 is 0.833 bits per heavy atom. The summed E-state index contributed by atoms with van der Waals surface area (Å²) in [6.45, 7) is 0. The number of aliphatic imine (C=N–C) groups is 1. The van der Waals surface area contributed by atoms with Gasteiger partial charge in [0.25, 0.3) is 0 Å². The monoisotopic (exact) mass is 314 g/mol. The van der Waals surface area contributed by atoms with Crippen molar-refractivity contribution in [3.8, 4) is 11.1 Å². The zero-order chi connectivity index (χ0) is 16.8. The number of carbonyl (C=O) groups excluding carboxylic acids is 1. The third kappa shape index (κ3) is 3.76. The van der Waals surface area contributed by atoms with Gasteiger partial charge in [0.1, 0.15) is 0 Å². The summed E-state index contributed by atoms with van der Waals surface area (Å²) in [5, 5.41) is 0. The van der Waals surface area contributed by atoms with Gasteiger partial charge < -0.3 is 5.73 Å². The predicted octanol–water partition coefficient (Wildman–Crippen LogP) is 4.00. The Bertz CT molecular complexity index is 842. The number of hydrogen-bond acceptors (Lipinski definition) is 2. The molecule has 3 heteroatoms. The van der Waals surface area contributed by atoms with Crippen LogP contribution in [0.15, 0.2) is 89.9 Å². The molecule has 0 saturated heterocycles. The SMILES string of the molecule is NC(=O)[C@@H](N=Cc1cccc(-c2ccccc2)c1)c1ccccc1. The number of nitrogens with two attached hydrogens (primary N) is 1. The van der Waals surface area contributed by atoms with E-state index in [9.17, 15) is 4.79 Å². The summed E-state index contributed by atoms with van der Waals surface area (Å²) in [4.78, 5) is 16.1. The Labute approximate surface area is 141 Å². The van der Waals surface area contributed by atoms with Gasteiger partial charge in [0.15, 0.2) is 6.04 Å². The maximum Gasteiger partial charge on any atom is 0.246 e. The Hall–Kier alpha value is -3.20. The van der Waals surface area contributed by atoms with E-state index >= 15 is 0 Å². The first-order valence-corrected chi connectivity index (χ1v) is 7.77. The molecule has 0 radical (unpaired) electrons. The summed E-state index contributed by atoms with van der Waals surface area (Å²) in [6.07, 6.45) is 1.70. The van der Waals surface area contributed by atoms with Gasteiger partial charge in [-0.3, -0.25) is 9.79 Å². The largest absolute Gasteiger partial charge is 0.368 e. The lowest BCUT2D eigenvalue weighted by molar-refractivity contribution is -0.119. The van der Waals surface area contributed by atoms with Crippen molar-refractivity contribution in [3.05, 3.63) is 96.1 Å². The van der Waals surface area contributed by atoms with Crippen LogP contribution in [-0.2, 0) is 4.79 Å². The summed E-state index contributed by atoms with van der Waals surface area (Å²) < 4.78 is 0. The van der Waals surface area contributed by atoms with E-state index in [0.717, 1.165) is 22.3 Å². The van der Waals surface area contributed by atoms with Gasteiger partial charge in [-0.05, 0) is 28.3 Å². The van der Waals surface area contributed by atoms with Gasteiger partial charge in [0.2, 0.25) is 5.91 Å². The molecule has 3 nitrogen and oxygen atoms in total. The molecule has 3 aromatic carbocycles. The Morgan fingerprint density at radius 2 is 1.46 bits per heavy atom. The Kier molecular flexibility index (Phi) is 4.82. The molecule has 0 heterocycles. The fraction of sp³-hybridized carbons (Fsp3) is 0.0476. The van der Waals surface area contributed by atoms with Crippen LogP contribution in [0, 0.1) is 0 Å². The van der Waals surface area contributed by atoms with E-state index in [4.69, 9.17) is 5.73 Å². The maximum absolute atomic E-state index is 11.7. The van der Waals surface area contributed by atoms with E-state index in [2.05, 4.69) is 23.2 Å². The molecule has 0 aliphatic carbocycles. The number of carbonyl (C=O) groups is 1. The Morgan fingerprint density at radius 3 is 2.12 bits per heavy atom. The van der Waals surface area contributed by atoms with E-state index in [0.29, 0.717) is 0 Å². The van der Waals surface area contributed by atoms with Gasteiger partial charge in [-0.25, -0.2) is 0 Å². The second kappa shape index (κ2) is 7.38. The number of amides is 1. The average Bonchev–Trinajstić information content (AvgIpc) is 2.63. The molecule has 1 atom stereocenters. The van der Waals surface area contributed by atoms with Gasteiger partial charge in [0, 0.05) is 6.21 Å². The second-order valence-corrected chi connectivity index (χ2v) is 5.49. The minimum absolute atomic E-state index is 0.461. The summed E-state index contributed by atoms with van der Waals surface area (Å²) in [6, 6.07) is 26.8. The van der Waals surface area contributed by atoms with Crippen LogP contribution in [-0.4, -0.2) is 12.1 Å². The van der Waals surface area contributed by atoms with Gasteiger partial charge in [0.05, 0.1) is 0 Å². The van der Waals surface area contributed by atoms with E-state index < -0.39 is 11.9 Å². The van der Waals surface area contributed by atoms with Crippen LogP contribution in [0.5, 0.6) is 0 Å². The van der Waals surface area contributed by atoms with E-state index in [-0.39, 0.29) is 0 Å². The highest BCUT2D eigenvalue weighted by atomic mass is 16.1. The van der Waals surface area contributed by atoms with Crippen LogP contribution in [0.2, 0.25) is 0 Å². The molecule has 3 rings (SSSR count). The van der Waals surface area contributed by atoms with Crippen molar-refractivity contribution >= 4 is 12.1 Å². The molecule has 0 unspecified atom stereocenters. The summed E-state index contributed by atoms with van der Waals surface area (Å²) in [7, 11) is 0. The molecular weight excluding hydrogens is 296 g/mol. The molecule has 0 saturated carbocycles. The van der Waals surface area contributed by atoms with Crippen LogP contribution in [0.1, 0.15) is 17.2 Å². The molecule has 0 aliphatic heterocycles. The fourth-order valence-corrected chi connectivity index (χ4v) is 2.55. The molecule has 0 spiro atoms. The molecule has 118 valence electrons. The first kappa shape index (κ1) is 15.7. The smallest absolute Gasteiger partial charge is 0.246 e. The lowest BCUT2D eigenvalue weighted by Crippen LogP contribution is -2.20. The van der Waals surface area contributed by atoms with E-state index in [1.54, 1.807) is 6.21 Å². The van der Waals surface area contributed by atoms with Crippen LogP contribution < -0.4 is 5.73 Å². The zero-order valence-electron chi connectivity index (χ0n) is 13.2. The van der Waals surface area contributed by atoms with Crippen molar-refractivity contribution in [2.24, 2.45) is 10.7 Å². The molecule has 0 aliphatic rings. The highest BCUT2D eigenvalue weighted by Crippen LogP contribution is 2.20. The molecule has 0 fully saturated rings. The van der Waals surface area contributed by atoms with Crippen LogP contribution in [0.3, 0.4) is 0 Å². The van der Waals surface area contributed by atoms with E-state index in [1.165, 1.54) is 0 Å². The van der Waals surface area contributed by atoms with Gasteiger partial charge >= 0.3 is 0 Å². The van der Waals surface area contributed by atoms with E-state index in [1.807, 2.05) is 66.7 Å². The summed E-state index contributed by atoms with van der Waals surface area (Å²) in [5.41, 5.74) is 9.47. The third-order valence-electron chi connectivity index (χ3n) is 3.75.